The summed E-state index contributed by atoms with van der Waals surface area (Å²) in [5.74, 6) is 0.0776. The normalized spacial score (nSPS) is 11.2. The third kappa shape index (κ3) is 1.58. The van der Waals surface area contributed by atoms with Crippen molar-refractivity contribution in [2.45, 2.75) is 6.42 Å². The lowest BCUT2D eigenvalue weighted by molar-refractivity contribution is 0.385. The number of aromatic nitrogens is 2. The number of aromatic amines is 2. The van der Waals surface area contributed by atoms with Gasteiger partial charge in [-0.25, -0.2) is 4.39 Å². The van der Waals surface area contributed by atoms with Crippen molar-refractivity contribution in [3.05, 3.63) is 51.9 Å². The number of anilines is 1. The van der Waals surface area contributed by atoms with Crippen molar-refractivity contribution in [3.63, 3.8) is 0 Å². The standard InChI is InChI=1S/C12H10FN3O2/c13-7-1-2-8-6(5-15-9(8)4-7)3-10-11(14)12(17)16-18-10/h1-2,4-5,15H,3,14H2,(H,16,17). The fourth-order valence-corrected chi connectivity index (χ4v) is 1.95. The quantitative estimate of drug-likeness (QED) is 0.644. The lowest BCUT2D eigenvalue weighted by Crippen LogP contribution is -2.05. The predicted octanol–water partition coefficient (Wildman–Crippen LogP) is 1.76. The van der Waals surface area contributed by atoms with E-state index in [2.05, 4.69) is 10.1 Å². The third-order valence-electron chi connectivity index (χ3n) is 2.89. The number of rotatable bonds is 2. The molecule has 0 aliphatic heterocycles. The van der Waals surface area contributed by atoms with Gasteiger partial charge in [-0.1, -0.05) is 0 Å². The summed E-state index contributed by atoms with van der Waals surface area (Å²) in [5, 5.41) is 3.06. The van der Waals surface area contributed by atoms with Crippen molar-refractivity contribution in [3.8, 4) is 0 Å². The van der Waals surface area contributed by atoms with Gasteiger partial charge in [-0.15, -0.1) is 0 Å². The van der Waals surface area contributed by atoms with E-state index in [0.717, 1.165) is 10.9 Å². The lowest BCUT2D eigenvalue weighted by Gasteiger charge is -1.96. The van der Waals surface area contributed by atoms with Gasteiger partial charge in [0.05, 0.1) is 0 Å². The molecule has 0 aliphatic rings. The number of hydrogen-bond donors (Lipinski definition) is 3. The molecule has 0 fully saturated rings. The molecule has 4 N–H and O–H groups in total. The summed E-state index contributed by atoms with van der Waals surface area (Å²) >= 11 is 0. The minimum Gasteiger partial charge on any atom is -0.391 e. The minimum absolute atomic E-state index is 0.0754. The van der Waals surface area contributed by atoms with Crippen molar-refractivity contribution in [2.75, 3.05) is 5.73 Å². The molecule has 0 amide bonds. The molecule has 2 heterocycles. The van der Waals surface area contributed by atoms with Crippen molar-refractivity contribution in [1.82, 2.24) is 10.1 Å². The first-order chi connectivity index (χ1) is 8.65. The van der Waals surface area contributed by atoms with E-state index in [1.54, 1.807) is 12.3 Å². The van der Waals surface area contributed by atoms with Crippen LogP contribution >= 0.6 is 0 Å². The van der Waals surface area contributed by atoms with Gasteiger partial charge in [0.2, 0.25) is 0 Å². The Kier molecular flexibility index (Phi) is 2.22. The summed E-state index contributed by atoms with van der Waals surface area (Å²) in [6, 6.07) is 4.48. The van der Waals surface area contributed by atoms with Crippen LogP contribution in [0.2, 0.25) is 0 Å². The molecule has 0 bridgehead atoms. The Morgan fingerprint density at radius 1 is 1.39 bits per heavy atom. The minimum atomic E-state index is -0.434. The SMILES string of the molecule is Nc1c(Cc2c[nH]c3cc(F)ccc23)o[nH]c1=O. The topological polar surface area (TPSA) is 87.8 Å². The summed E-state index contributed by atoms with van der Waals surface area (Å²) in [6.07, 6.45) is 2.12. The highest BCUT2D eigenvalue weighted by Crippen LogP contribution is 2.22. The second-order valence-electron chi connectivity index (χ2n) is 4.05. The largest absolute Gasteiger partial charge is 0.391 e. The van der Waals surface area contributed by atoms with Gasteiger partial charge in [-0.3, -0.25) is 4.79 Å². The second-order valence-corrected chi connectivity index (χ2v) is 4.05. The highest BCUT2D eigenvalue weighted by Gasteiger charge is 2.12. The van der Waals surface area contributed by atoms with Crippen molar-refractivity contribution >= 4 is 16.6 Å². The maximum absolute atomic E-state index is 13.0. The highest BCUT2D eigenvalue weighted by molar-refractivity contribution is 5.83. The van der Waals surface area contributed by atoms with E-state index in [-0.39, 0.29) is 11.5 Å². The van der Waals surface area contributed by atoms with Crippen LogP contribution in [0.1, 0.15) is 11.3 Å². The molecule has 92 valence electrons. The number of hydrogen-bond acceptors (Lipinski definition) is 3. The lowest BCUT2D eigenvalue weighted by atomic mass is 10.1. The Morgan fingerprint density at radius 3 is 2.94 bits per heavy atom. The predicted molar refractivity (Wildman–Crippen MR) is 64.8 cm³/mol. The first-order valence-electron chi connectivity index (χ1n) is 5.36. The van der Waals surface area contributed by atoms with E-state index >= 15 is 0 Å². The fraction of sp³-hybridized carbons (Fsp3) is 0.0833. The molecule has 6 heteroatoms. The number of nitrogens with two attached hydrogens (primary N) is 1. The van der Waals surface area contributed by atoms with E-state index in [0.29, 0.717) is 17.7 Å². The monoisotopic (exact) mass is 247 g/mol. The summed E-state index contributed by atoms with van der Waals surface area (Å²) < 4.78 is 18.0. The first kappa shape index (κ1) is 10.6. The van der Waals surface area contributed by atoms with Gasteiger partial charge in [0.1, 0.15) is 11.5 Å². The molecular weight excluding hydrogens is 237 g/mol. The number of halogens is 1. The van der Waals surface area contributed by atoms with E-state index in [1.807, 2.05) is 0 Å². The number of benzene rings is 1. The summed E-state index contributed by atoms with van der Waals surface area (Å²) in [6.45, 7) is 0. The zero-order valence-electron chi connectivity index (χ0n) is 9.29. The zero-order chi connectivity index (χ0) is 12.7. The molecular formula is C12H10FN3O2. The molecule has 0 saturated heterocycles. The molecule has 1 aromatic carbocycles. The molecule has 0 radical (unpaired) electrons. The smallest absolute Gasteiger partial charge is 0.303 e. The number of H-pyrrole nitrogens is 2. The molecule has 18 heavy (non-hydrogen) atoms. The van der Waals surface area contributed by atoms with Crippen LogP contribution < -0.4 is 11.3 Å². The Labute approximate surface area is 100 Å². The zero-order valence-corrected chi connectivity index (χ0v) is 9.29. The molecule has 3 rings (SSSR count). The van der Waals surface area contributed by atoms with Crippen LogP contribution in [-0.2, 0) is 6.42 Å². The van der Waals surface area contributed by atoms with Gasteiger partial charge >= 0.3 is 5.56 Å². The van der Waals surface area contributed by atoms with Crippen molar-refractivity contribution in [1.29, 1.82) is 0 Å². The highest BCUT2D eigenvalue weighted by atomic mass is 19.1. The van der Waals surface area contributed by atoms with Crippen LogP contribution in [0.3, 0.4) is 0 Å². The molecule has 3 aromatic rings. The van der Waals surface area contributed by atoms with Gasteiger partial charge < -0.3 is 15.2 Å². The molecule has 0 aliphatic carbocycles. The Morgan fingerprint density at radius 2 is 2.22 bits per heavy atom. The number of nitrogens with one attached hydrogen (secondary N) is 2. The first-order valence-corrected chi connectivity index (χ1v) is 5.36. The van der Waals surface area contributed by atoms with Crippen molar-refractivity contribution in [2.24, 2.45) is 0 Å². The summed E-state index contributed by atoms with van der Waals surface area (Å²) in [7, 11) is 0. The van der Waals surface area contributed by atoms with Crippen LogP contribution in [0.5, 0.6) is 0 Å². The van der Waals surface area contributed by atoms with Crippen LogP contribution in [0, 0.1) is 5.82 Å². The maximum atomic E-state index is 13.0. The van der Waals surface area contributed by atoms with Gasteiger partial charge in [0, 0.05) is 23.5 Å². The molecule has 0 atom stereocenters. The van der Waals surface area contributed by atoms with E-state index < -0.39 is 5.56 Å². The third-order valence-corrected chi connectivity index (χ3v) is 2.89. The second kappa shape index (κ2) is 3.76. The van der Waals surface area contributed by atoms with Gasteiger partial charge in [-0.2, -0.15) is 5.16 Å². The average molecular weight is 247 g/mol. The summed E-state index contributed by atoms with van der Waals surface area (Å²) in [5.41, 5.74) is 6.80. The summed E-state index contributed by atoms with van der Waals surface area (Å²) in [4.78, 5) is 14.1. The molecule has 0 spiro atoms. The van der Waals surface area contributed by atoms with Crippen LogP contribution in [0.4, 0.5) is 10.1 Å². The molecule has 0 saturated carbocycles. The Hall–Kier alpha value is -2.50. The van der Waals surface area contributed by atoms with Crippen LogP contribution in [-0.4, -0.2) is 10.1 Å². The van der Waals surface area contributed by atoms with E-state index in [9.17, 15) is 9.18 Å². The molecule has 0 unspecified atom stereocenters. The van der Waals surface area contributed by atoms with Crippen LogP contribution in [0.25, 0.3) is 10.9 Å². The van der Waals surface area contributed by atoms with Crippen molar-refractivity contribution < 1.29 is 8.91 Å². The number of fused-ring (bicyclic) bond motifs is 1. The van der Waals surface area contributed by atoms with Gasteiger partial charge in [0.15, 0.2) is 5.76 Å². The van der Waals surface area contributed by atoms with Gasteiger partial charge in [-0.05, 0) is 23.8 Å². The Balaban J connectivity index is 2.05. The number of nitrogen functional groups attached to an aromatic ring is 1. The fourth-order valence-electron chi connectivity index (χ4n) is 1.95. The van der Waals surface area contributed by atoms with E-state index in [1.165, 1.54) is 12.1 Å². The van der Waals surface area contributed by atoms with E-state index in [4.69, 9.17) is 10.3 Å². The average Bonchev–Trinajstić information content (AvgIpc) is 2.88. The molecule has 2 aromatic heterocycles. The van der Waals surface area contributed by atoms with Crippen LogP contribution in [0.15, 0.2) is 33.7 Å². The Bertz CT molecular complexity index is 769. The van der Waals surface area contributed by atoms with Gasteiger partial charge in [0.25, 0.3) is 0 Å². The molecule has 5 nitrogen and oxygen atoms in total. The maximum Gasteiger partial charge on any atom is 0.303 e.